The van der Waals surface area contributed by atoms with Crippen LogP contribution in [-0.2, 0) is 9.59 Å². The summed E-state index contributed by atoms with van der Waals surface area (Å²) in [7, 11) is 0. The van der Waals surface area contributed by atoms with Gasteiger partial charge in [0.25, 0.3) is 5.91 Å². The Morgan fingerprint density at radius 1 is 1.39 bits per heavy atom. The second-order valence-corrected chi connectivity index (χ2v) is 7.42. The molecule has 2 unspecified atom stereocenters. The van der Waals surface area contributed by atoms with Gasteiger partial charge in [-0.3, -0.25) is 9.59 Å². The largest absolute Gasteiger partial charge is 0.481 e. The highest BCUT2D eigenvalue weighted by molar-refractivity contribution is 9.10. The topological polar surface area (TPSA) is 66.8 Å². The number of nitrogens with zero attached hydrogens (tertiary/aromatic N) is 1. The van der Waals surface area contributed by atoms with Crippen LogP contribution < -0.4 is 4.74 Å². The maximum Gasteiger partial charge on any atom is 0.307 e. The van der Waals surface area contributed by atoms with E-state index in [0.717, 1.165) is 23.7 Å². The van der Waals surface area contributed by atoms with Gasteiger partial charge in [-0.15, -0.1) is 0 Å². The molecule has 3 rings (SSSR count). The third-order valence-corrected chi connectivity index (χ3v) is 5.51. The molecule has 1 aliphatic heterocycles. The van der Waals surface area contributed by atoms with Crippen molar-refractivity contribution in [1.82, 2.24) is 4.90 Å². The van der Waals surface area contributed by atoms with Gasteiger partial charge in [0, 0.05) is 17.6 Å². The second-order valence-electron chi connectivity index (χ2n) is 6.50. The van der Waals surface area contributed by atoms with Gasteiger partial charge in [-0.1, -0.05) is 22.0 Å². The Labute approximate surface area is 143 Å². The predicted octanol–water partition coefficient (Wildman–Crippen LogP) is 2.93. The number of likely N-dealkylation sites (tertiary alicyclic amines) is 1. The summed E-state index contributed by atoms with van der Waals surface area (Å²) < 4.78 is 6.63. The smallest absolute Gasteiger partial charge is 0.307 e. The number of piperidine rings is 1. The van der Waals surface area contributed by atoms with Gasteiger partial charge in [0.05, 0.1) is 5.92 Å². The van der Waals surface area contributed by atoms with E-state index in [2.05, 4.69) is 15.9 Å². The van der Waals surface area contributed by atoms with E-state index in [0.29, 0.717) is 18.8 Å². The number of benzene rings is 1. The number of halogens is 1. The molecule has 1 heterocycles. The Balaban J connectivity index is 1.54. The molecule has 1 aromatic carbocycles. The van der Waals surface area contributed by atoms with Gasteiger partial charge in [0.2, 0.25) is 0 Å². The molecule has 1 N–H and O–H groups in total. The van der Waals surface area contributed by atoms with Crippen LogP contribution in [0.25, 0.3) is 0 Å². The van der Waals surface area contributed by atoms with Crippen LogP contribution >= 0.6 is 15.9 Å². The van der Waals surface area contributed by atoms with Crippen LogP contribution in [0.3, 0.4) is 0 Å². The minimum atomic E-state index is -0.698. The normalized spacial score (nSPS) is 23.4. The van der Waals surface area contributed by atoms with E-state index in [1.54, 1.807) is 11.8 Å². The quantitative estimate of drug-likeness (QED) is 0.870. The summed E-state index contributed by atoms with van der Waals surface area (Å²) in [5.41, 5.74) is -0.0585. The first-order valence-electron chi connectivity index (χ1n) is 7.85. The minimum absolute atomic E-state index is 0.0349. The molecule has 0 aromatic heterocycles. The second kappa shape index (κ2) is 6.15. The van der Waals surface area contributed by atoms with Crippen LogP contribution in [0.4, 0.5) is 0 Å². The van der Waals surface area contributed by atoms with Crippen molar-refractivity contribution in [3.05, 3.63) is 28.7 Å². The molecule has 1 saturated heterocycles. The molecule has 23 heavy (non-hydrogen) atoms. The van der Waals surface area contributed by atoms with Gasteiger partial charge in [0.15, 0.2) is 6.10 Å². The van der Waals surface area contributed by atoms with Crippen molar-refractivity contribution < 1.29 is 19.4 Å². The molecule has 2 fully saturated rings. The summed E-state index contributed by atoms with van der Waals surface area (Å²) in [4.78, 5) is 25.4. The molecular weight excluding hydrogens is 362 g/mol. The van der Waals surface area contributed by atoms with E-state index in [1.165, 1.54) is 0 Å². The van der Waals surface area contributed by atoms with Gasteiger partial charge in [0.1, 0.15) is 5.75 Å². The zero-order valence-electron chi connectivity index (χ0n) is 13.0. The Morgan fingerprint density at radius 2 is 2.09 bits per heavy atom. The van der Waals surface area contributed by atoms with Gasteiger partial charge < -0.3 is 14.7 Å². The lowest BCUT2D eigenvalue weighted by Gasteiger charge is -2.34. The fourth-order valence-corrected chi connectivity index (χ4v) is 3.85. The summed E-state index contributed by atoms with van der Waals surface area (Å²) in [6.07, 6.45) is 1.76. The minimum Gasteiger partial charge on any atom is -0.481 e. The lowest BCUT2D eigenvalue weighted by Crippen LogP contribution is -2.45. The number of ether oxygens (including phenoxy) is 1. The van der Waals surface area contributed by atoms with Gasteiger partial charge in [-0.2, -0.15) is 0 Å². The van der Waals surface area contributed by atoms with Crippen LogP contribution in [0, 0.1) is 11.3 Å². The highest BCUT2D eigenvalue weighted by Gasteiger charge is 2.59. The fourth-order valence-electron chi connectivity index (χ4n) is 3.47. The van der Waals surface area contributed by atoms with Crippen LogP contribution in [0.5, 0.6) is 5.75 Å². The number of carbonyl (C=O) groups excluding carboxylic acids is 1. The average molecular weight is 382 g/mol. The molecular formula is C17H20BrNO4. The Hall–Kier alpha value is -1.56. The first-order valence-corrected chi connectivity index (χ1v) is 8.64. The molecule has 5 nitrogen and oxygen atoms in total. The molecule has 1 spiro atoms. The summed E-state index contributed by atoms with van der Waals surface area (Å²) in [6, 6.07) is 7.41. The molecule has 1 saturated carbocycles. The van der Waals surface area contributed by atoms with E-state index in [-0.39, 0.29) is 17.2 Å². The zero-order chi connectivity index (χ0) is 16.6. The van der Waals surface area contributed by atoms with E-state index < -0.39 is 12.1 Å². The van der Waals surface area contributed by atoms with Crippen molar-refractivity contribution in [3.8, 4) is 5.75 Å². The summed E-state index contributed by atoms with van der Waals surface area (Å²) >= 11 is 3.38. The molecule has 1 amide bonds. The molecule has 0 radical (unpaired) electrons. The summed E-state index contributed by atoms with van der Waals surface area (Å²) in [5, 5.41) is 9.12. The van der Waals surface area contributed by atoms with Crippen molar-refractivity contribution in [1.29, 1.82) is 0 Å². The third kappa shape index (κ3) is 3.37. The molecule has 6 heteroatoms. The Kier molecular flexibility index (Phi) is 4.36. The van der Waals surface area contributed by atoms with Crippen molar-refractivity contribution in [2.24, 2.45) is 11.3 Å². The lowest BCUT2D eigenvalue weighted by atomic mass is 9.90. The number of rotatable bonds is 4. The molecule has 124 valence electrons. The maximum absolute atomic E-state index is 12.5. The van der Waals surface area contributed by atoms with Crippen molar-refractivity contribution >= 4 is 27.8 Å². The zero-order valence-corrected chi connectivity index (χ0v) is 14.6. The molecule has 0 bridgehead atoms. The Morgan fingerprint density at radius 3 is 2.65 bits per heavy atom. The van der Waals surface area contributed by atoms with Crippen molar-refractivity contribution in [2.45, 2.75) is 32.3 Å². The highest BCUT2D eigenvalue weighted by Crippen LogP contribution is 2.59. The van der Waals surface area contributed by atoms with Crippen LogP contribution in [-0.4, -0.2) is 41.1 Å². The summed E-state index contributed by atoms with van der Waals surface area (Å²) in [6.45, 7) is 2.99. The van der Waals surface area contributed by atoms with Crippen molar-refractivity contribution in [2.75, 3.05) is 13.1 Å². The lowest BCUT2D eigenvalue weighted by molar-refractivity contribution is -0.141. The van der Waals surface area contributed by atoms with Gasteiger partial charge in [-0.05, 0) is 49.8 Å². The maximum atomic E-state index is 12.5. The molecule has 2 atom stereocenters. The first kappa shape index (κ1) is 16.3. The number of carboxylic acids is 1. The standard InChI is InChI=1S/C17H20BrNO4/c1-11(23-13-4-2-3-12(18)9-13)15(20)19-7-5-17(6-8-19)10-14(17)16(21)22/h2-4,9,11,14H,5-8,10H2,1H3,(H,21,22). The number of aliphatic carboxylic acids is 1. The molecule has 1 aliphatic carbocycles. The Bertz CT molecular complexity index is 625. The van der Waals surface area contributed by atoms with Crippen LogP contribution in [0.2, 0.25) is 0 Å². The van der Waals surface area contributed by atoms with E-state index >= 15 is 0 Å². The number of carboxylic acid groups (broad SMARTS) is 1. The first-order chi connectivity index (χ1) is 10.9. The number of carbonyl (C=O) groups is 2. The third-order valence-electron chi connectivity index (χ3n) is 5.02. The number of amides is 1. The number of hydrogen-bond acceptors (Lipinski definition) is 3. The fraction of sp³-hybridized carbons (Fsp3) is 0.529. The van der Waals surface area contributed by atoms with Crippen LogP contribution in [0.1, 0.15) is 26.2 Å². The van der Waals surface area contributed by atoms with E-state index in [4.69, 9.17) is 9.84 Å². The van der Waals surface area contributed by atoms with Gasteiger partial charge >= 0.3 is 5.97 Å². The molecule has 1 aromatic rings. The van der Waals surface area contributed by atoms with E-state index in [1.807, 2.05) is 24.3 Å². The number of hydrogen-bond donors (Lipinski definition) is 1. The average Bonchev–Trinajstić information content (AvgIpc) is 3.21. The van der Waals surface area contributed by atoms with Crippen LogP contribution in [0.15, 0.2) is 28.7 Å². The van der Waals surface area contributed by atoms with E-state index in [9.17, 15) is 9.59 Å². The van der Waals surface area contributed by atoms with Gasteiger partial charge in [-0.25, -0.2) is 0 Å². The highest BCUT2D eigenvalue weighted by atomic mass is 79.9. The summed E-state index contributed by atoms with van der Waals surface area (Å²) in [5.74, 6) is -0.291. The molecule has 2 aliphatic rings. The monoisotopic (exact) mass is 381 g/mol. The predicted molar refractivity (Wildman–Crippen MR) is 88.2 cm³/mol. The SMILES string of the molecule is CC(Oc1cccc(Br)c1)C(=O)N1CCC2(CC1)CC2C(=O)O. The van der Waals surface area contributed by atoms with Crippen molar-refractivity contribution in [3.63, 3.8) is 0 Å².